The first-order valence-corrected chi connectivity index (χ1v) is 9.01. The number of anilines is 2. The molecule has 0 atom stereocenters. The molecule has 1 aromatic heterocycles. The van der Waals surface area contributed by atoms with E-state index in [4.69, 9.17) is 0 Å². The second kappa shape index (κ2) is 6.73. The standard InChI is InChI=1S/C12H11F3N4O3S2/c1-24(21,22)19-11-18-17-10(23-11)16-9(20)6-7-3-2-4-8(5-7)12(13,14)15/h2-5H,6H2,1H3,(H,18,19)(H,16,17,20). The van der Waals surface area contributed by atoms with Gasteiger partial charge in [0.15, 0.2) is 0 Å². The van der Waals surface area contributed by atoms with Crippen LogP contribution in [0.5, 0.6) is 0 Å². The number of amides is 1. The predicted molar refractivity (Wildman–Crippen MR) is 82.2 cm³/mol. The Morgan fingerprint density at radius 1 is 1.25 bits per heavy atom. The van der Waals surface area contributed by atoms with Crippen molar-refractivity contribution < 1.29 is 26.4 Å². The largest absolute Gasteiger partial charge is 0.416 e. The van der Waals surface area contributed by atoms with Gasteiger partial charge in [-0.05, 0) is 11.6 Å². The third-order valence-corrected chi connectivity index (χ3v) is 4.01. The van der Waals surface area contributed by atoms with Gasteiger partial charge in [0.25, 0.3) is 0 Å². The Hall–Kier alpha value is -2.21. The molecule has 24 heavy (non-hydrogen) atoms. The topological polar surface area (TPSA) is 101 Å². The maximum Gasteiger partial charge on any atom is 0.416 e. The molecule has 7 nitrogen and oxygen atoms in total. The summed E-state index contributed by atoms with van der Waals surface area (Å²) in [5.74, 6) is -0.601. The lowest BCUT2D eigenvalue weighted by molar-refractivity contribution is -0.137. The van der Waals surface area contributed by atoms with Gasteiger partial charge in [-0.2, -0.15) is 13.2 Å². The zero-order valence-electron chi connectivity index (χ0n) is 12.1. The van der Waals surface area contributed by atoms with E-state index < -0.39 is 27.7 Å². The quantitative estimate of drug-likeness (QED) is 0.827. The van der Waals surface area contributed by atoms with Gasteiger partial charge in [-0.1, -0.05) is 29.5 Å². The third-order valence-electron chi connectivity index (χ3n) is 2.56. The molecule has 0 saturated carbocycles. The number of nitrogens with zero attached hydrogens (tertiary/aromatic N) is 2. The van der Waals surface area contributed by atoms with Gasteiger partial charge in [0.2, 0.25) is 26.2 Å². The van der Waals surface area contributed by atoms with E-state index in [1.165, 1.54) is 12.1 Å². The molecule has 12 heteroatoms. The Balaban J connectivity index is 2.01. The van der Waals surface area contributed by atoms with Crippen molar-refractivity contribution in [2.75, 3.05) is 16.3 Å². The SMILES string of the molecule is CS(=O)(=O)Nc1nnc(NC(=O)Cc2cccc(C(F)(F)F)c2)s1. The van der Waals surface area contributed by atoms with E-state index in [2.05, 4.69) is 20.2 Å². The summed E-state index contributed by atoms with van der Waals surface area (Å²) in [6, 6.07) is 4.40. The van der Waals surface area contributed by atoms with Crippen LogP contribution in [0, 0.1) is 0 Å². The number of rotatable bonds is 5. The van der Waals surface area contributed by atoms with Gasteiger partial charge >= 0.3 is 6.18 Å². The highest BCUT2D eigenvalue weighted by Crippen LogP contribution is 2.29. The number of halogens is 3. The van der Waals surface area contributed by atoms with Gasteiger partial charge in [0, 0.05) is 0 Å². The minimum atomic E-state index is -4.49. The maximum absolute atomic E-state index is 12.6. The number of nitrogens with one attached hydrogen (secondary N) is 2. The van der Waals surface area contributed by atoms with Crippen molar-refractivity contribution in [3.05, 3.63) is 35.4 Å². The number of sulfonamides is 1. The molecule has 1 aromatic carbocycles. The molecule has 2 N–H and O–H groups in total. The molecule has 0 fully saturated rings. The summed E-state index contributed by atoms with van der Waals surface area (Å²) in [5, 5.41) is 9.43. The van der Waals surface area contributed by atoms with Gasteiger partial charge in [-0.15, -0.1) is 10.2 Å². The van der Waals surface area contributed by atoms with Crippen LogP contribution in [0.15, 0.2) is 24.3 Å². The van der Waals surface area contributed by atoms with Crippen molar-refractivity contribution in [2.45, 2.75) is 12.6 Å². The van der Waals surface area contributed by atoms with E-state index in [9.17, 15) is 26.4 Å². The lowest BCUT2D eigenvalue weighted by Gasteiger charge is -2.08. The molecular weight excluding hydrogens is 369 g/mol. The first-order chi connectivity index (χ1) is 11.0. The van der Waals surface area contributed by atoms with Gasteiger partial charge in [-0.3, -0.25) is 9.52 Å². The summed E-state index contributed by atoms with van der Waals surface area (Å²) in [7, 11) is -3.52. The van der Waals surface area contributed by atoms with E-state index >= 15 is 0 Å². The van der Waals surface area contributed by atoms with Crippen molar-refractivity contribution in [1.82, 2.24) is 10.2 Å². The van der Waals surface area contributed by atoms with Crippen LogP contribution >= 0.6 is 11.3 Å². The second-order valence-corrected chi connectivity index (χ2v) is 7.44. The van der Waals surface area contributed by atoms with Crippen LogP contribution in [0.1, 0.15) is 11.1 Å². The Morgan fingerprint density at radius 3 is 2.54 bits per heavy atom. The summed E-state index contributed by atoms with van der Waals surface area (Å²) in [6.45, 7) is 0. The molecule has 2 rings (SSSR count). The number of alkyl halides is 3. The Kier molecular flexibility index (Phi) is 5.08. The normalized spacial score (nSPS) is 12.0. The van der Waals surface area contributed by atoms with E-state index in [-0.39, 0.29) is 22.2 Å². The highest BCUT2D eigenvalue weighted by atomic mass is 32.2. The van der Waals surface area contributed by atoms with E-state index in [1.807, 2.05) is 0 Å². The second-order valence-electron chi connectivity index (χ2n) is 4.71. The fourth-order valence-electron chi connectivity index (χ4n) is 1.68. The summed E-state index contributed by atoms with van der Waals surface area (Å²) in [6.07, 6.45) is -3.85. The third kappa shape index (κ3) is 5.45. The molecule has 0 saturated heterocycles. The van der Waals surface area contributed by atoms with Crippen LogP contribution in [0.3, 0.4) is 0 Å². The number of hydrogen-bond acceptors (Lipinski definition) is 6. The first kappa shape index (κ1) is 18.1. The van der Waals surface area contributed by atoms with Crippen LogP contribution in [-0.4, -0.2) is 30.8 Å². The zero-order valence-corrected chi connectivity index (χ0v) is 13.7. The molecule has 2 aromatic rings. The molecule has 1 heterocycles. The average molecular weight is 380 g/mol. The highest BCUT2D eigenvalue weighted by Gasteiger charge is 2.30. The van der Waals surface area contributed by atoms with Crippen molar-refractivity contribution in [3.63, 3.8) is 0 Å². The van der Waals surface area contributed by atoms with Gasteiger partial charge in [-0.25, -0.2) is 8.42 Å². The fourth-order valence-corrected chi connectivity index (χ4v) is 3.17. The van der Waals surface area contributed by atoms with E-state index in [0.717, 1.165) is 29.7 Å². The molecule has 130 valence electrons. The molecule has 0 aliphatic carbocycles. The summed E-state index contributed by atoms with van der Waals surface area (Å²) in [5.41, 5.74) is -0.662. The Bertz CT molecular complexity index is 849. The molecule has 0 aliphatic rings. The fraction of sp³-hybridized carbons (Fsp3) is 0.250. The van der Waals surface area contributed by atoms with Crippen molar-refractivity contribution in [2.24, 2.45) is 0 Å². The minimum absolute atomic E-state index is 0.0260. The minimum Gasteiger partial charge on any atom is -0.300 e. The number of hydrogen-bond donors (Lipinski definition) is 2. The summed E-state index contributed by atoms with van der Waals surface area (Å²) < 4.78 is 62.0. The van der Waals surface area contributed by atoms with Crippen LogP contribution in [0.2, 0.25) is 0 Å². The first-order valence-electron chi connectivity index (χ1n) is 6.30. The molecule has 1 amide bonds. The Labute approximate surface area is 139 Å². The number of carbonyl (C=O) groups excluding carboxylic acids is 1. The summed E-state index contributed by atoms with van der Waals surface area (Å²) in [4.78, 5) is 11.8. The molecular formula is C12H11F3N4O3S2. The molecule has 0 spiro atoms. The van der Waals surface area contributed by atoms with Crippen LogP contribution < -0.4 is 10.0 Å². The lowest BCUT2D eigenvalue weighted by Crippen LogP contribution is -2.15. The van der Waals surface area contributed by atoms with Gasteiger partial charge < -0.3 is 5.32 Å². The maximum atomic E-state index is 12.6. The monoisotopic (exact) mass is 380 g/mol. The van der Waals surface area contributed by atoms with E-state index in [1.54, 1.807) is 0 Å². The van der Waals surface area contributed by atoms with Crippen molar-refractivity contribution in [1.29, 1.82) is 0 Å². The van der Waals surface area contributed by atoms with Crippen molar-refractivity contribution >= 4 is 37.5 Å². The van der Waals surface area contributed by atoms with Crippen LogP contribution in [-0.2, 0) is 27.4 Å². The zero-order chi connectivity index (χ0) is 18.0. The number of aromatic nitrogens is 2. The number of benzene rings is 1. The van der Waals surface area contributed by atoms with Crippen LogP contribution in [0.25, 0.3) is 0 Å². The van der Waals surface area contributed by atoms with Gasteiger partial charge in [0.1, 0.15) is 0 Å². The number of carbonyl (C=O) groups is 1. The highest BCUT2D eigenvalue weighted by molar-refractivity contribution is 7.92. The molecule has 0 aliphatic heterocycles. The Morgan fingerprint density at radius 2 is 1.92 bits per heavy atom. The molecule has 0 unspecified atom stereocenters. The van der Waals surface area contributed by atoms with Crippen LogP contribution in [0.4, 0.5) is 23.4 Å². The smallest absolute Gasteiger partial charge is 0.300 e. The van der Waals surface area contributed by atoms with Gasteiger partial charge in [0.05, 0.1) is 18.2 Å². The average Bonchev–Trinajstić information content (AvgIpc) is 2.82. The molecule has 0 bridgehead atoms. The molecule has 0 radical (unpaired) electrons. The van der Waals surface area contributed by atoms with Crippen molar-refractivity contribution in [3.8, 4) is 0 Å². The van der Waals surface area contributed by atoms with E-state index in [0.29, 0.717) is 0 Å². The summed E-state index contributed by atoms with van der Waals surface area (Å²) >= 11 is 0.782. The predicted octanol–water partition coefficient (Wildman–Crippen LogP) is 2.11. The lowest BCUT2D eigenvalue weighted by atomic mass is 10.1.